The molecular weight excluding hydrogens is 471 g/mol. The predicted molar refractivity (Wildman–Crippen MR) is 138 cm³/mol. The first kappa shape index (κ1) is 23.2. The van der Waals surface area contributed by atoms with Crippen molar-refractivity contribution < 1.29 is 9.90 Å². The van der Waals surface area contributed by atoms with Crippen LogP contribution in [0.2, 0.25) is 10.0 Å². The Morgan fingerprint density at radius 1 is 1.09 bits per heavy atom. The van der Waals surface area contributed by atoms with Crippen LogP contribution in [-0.4, -0.2) is 47.7 Å². The number of nitrogens with one attached hydrogen (secondary N) is 1. The molecule has 2 heterocycles. The molecule has 2 aliphatic rings. The highest BCUT2D eigenvalue weighted by atomic mass is 35.5. The maximum absolute atomic E-state index is 13.2. The molecule has 2 amide bonds. The average molecular weight is 499 g/mol. The molecule has 8 heteroatoms. The van der Waals surface area contributed by atoms with Crippen molar-refractivity contribution in [2.24, 2.45) is 5.92 Å². The van der Waals surface area contributed by atoms with E-state index in [1.54, 1.807) is 12.1 Å². The van der Waals surface area contributed by atoms with E-state index in [0.29, 0.717) is 12.5 Å². The minimum Gasteiger partial charge on any atom is -0.505 e. The highest BCUT2D eigenvalue weighted by molar-refractivity contribution is 6.37. The molecule has 0 bridgehead atoms. The summed E-state index contributed by atoms with van der Waals surface area (Å²) in [5, 5.41) is 14.3. The summed E-state index contributed by atoms with van der Waals surface area (Å²) in [7, 11) is 4.23. The van der Waals surface area contributed by atoms with Gasteiger partial charge in [0, 0.05) is 36.3 Å². The van der Waals surface area contributed by atoms with E-state index in [1.807, 2.05) is 29.3 Å². The molecule has 6 nitrogen and oxygen atoms in total. The van der Waals surface area contributed by atoms with Crippen molar-refractivity contribution in [2.45, 2.75) is 38.3 Å². The number of anilines is 1. The van der Waals surface area contributed by atoms with Gasteiger partial charge in [0.1, 0.15) is 0 Å². The van der Waals surface area contributed by atoms with Gasteiger partial charge in [-0.05, 0) is 81.1 Å². The second-order valence-corrected chi connectivity index (χ2v) is 10.4. The van der Waals surface area contributed by atoms with Crippen molar-refractivity contribution in [3.8, 4) is 16.9 Å². The van der Waals surface area contributed by atoms with Crippen LogP contribution in [0.3, 0.4) is 0 Å². The molecule has 2 aromatic carbocycles. The lowest BCUT2D eigenvalue weighted by molar-refractivity contribution is 0.226. The van der Waals surface area contributed by atoms with E-state index < -0.39 is 0 Å². The number of phenolic OH excluding ortho intramolecular Hbond substituents is 1. The Balaban J connectivity index is 1.56. The first-order valence-corrected chi connectivity index (χ1v) is 12.4. The molecule has 0 radical (unpaired) electrons. The fourth-order valence-corrected chi connectivity index (χ4v) is 5.84. The summed E-state index contributed by atoms with van der Waals surface area (Å²) in [6.07, 6.45) is 6.06. The largest absolute Gasteiger partial charge is 0.505 e. The lowest BCUT2D eigenvalue weighted by Crippen LogP contribution is -2.51. The monoisotopic (exact) mass is 498 g/mol. The van der Waals surface area contributed by atoms with E-state index in [9.17, 15) is 9.90 Å². The van der Waals surface area contributed by atoms with Crippen LogP contribution < -0.4 is 10.2 Å². The standard InChI is InChI=1S/C26H28Cl2N4O2/c1-31(2)14-15-3-6-19(7-4-15)32-24-18(13-30-26(32)34)12-29-23-8-5-16(9-20(23)24)17-10-21(27)25(33)22(28)11-17/h5,8-12,15,19,33H,3-4,6-7,13-14H2,1-2H3,(H,30,34)/t15-,19-. The zero-order valence-corrected chi connectivity index (χ0v) is 20.8. The number of carbonyl (C=O) groups excluding carboxylic acids is 1. The SMILES string of the molecule is CN(C)C[C@H]1CC[C@H](N2C(=O)NCc3cnc4ccc(-c5cc(Cl)c(O)c(Cl)c5)cc4c32)CC1. The number of hydrogen-bond acceptors (Lipinski definition) is 4. The van der Waals surface area contributed by atoms with Crippen LogP contribution in [0.15, 0.2) is 36.5 Å². The fourth-order valence-electron chi connectivity index (χ4n) is 5.35. The normalized spacial score (nSPS) is 20.5. The highest BCUT2D eigenvalue weighted by Gasteiger charge is 2.35. The van der Waals surface area contributed by atoms with Gasteiger partial charge in [0.05, 0.1) is 21.2 Å². The molecule has 2 N–H and O–H groups in total. The minimum atomic E-state index is -0.125. The summed E-state index contributed by atoms with van der Waals surface area (Å²) in [5.74, 6) is 0.544. The van der Waals surface area contributed by atoms with Crippen LogP contribution in [0.1, 0.15) is 31.2 Å². The topological polar surface area (TPSA) is 68.7 Å². The fraction of sp³-hybridized carbons (Fsp3) is 0.385. The van der Waals surface area contributed by atoms with Crippen molar-refractivity contribution in [2.75, 3.05) is 25.5 Å². The molecule has 34 heavy (non-hydrogen) atoms. The highest BCUT2D eigenvalue weighted by Crippen LogP contribution is 2.41. The maximum Gasteiger partial charge on any atom is 0.322 e. The van der Waals surface area contributed by atoms with Gasteiger partial charge in [-0.25, -0.2) is 4.79 Å². The number of halogens is 2. The van der Waals surface area contributed by atoms with E-state index in [2.05, 4.69) is 29.3 Å². The molecule has 178 valence electrons. The predicted octanol–water partition coefficient (Wildman–Crippen LogP) is 6.06. The van der Waals surface area contributed by atoms with Gasteiger partial charge in [0.2, 0.25) is 0 Å². The Morgan fingerprint density at radius 2 is 1.79 bits per heavy atom. The zero-order chi connectivity index (χ0) is 24.0. The molecule has 3 aromatic rings. The molecular formula is C26H28Cl2N4O2. The Labute approximate surface area is 209 Å². The number of amides is 2. The summed E-state index contributed by atoms with van der Waals surface area (Å²) >= 11 is 12.4. The summed E-state index contributed by atoms with van der Waals surface area (Å²) in [5.41, 5.74) is 4.49. The number of hydrogen-bond donors (Lipinski definition) is 2. The average Bonchev–Trinajstić information content (AvgIpc) is 2.82. The lowest BCUT2D eigenvalue weighted by atomic mass is 9.84. The number of rotatable bonds is 4. The van der Waals surface area contributed by atoms with E-state index in [4.69, 9.17) is 23.2 Å². The van der Waals surface area contributed by atoms with Gasteiger partial charge in [0.15, 0.2) is 5.75 Å². The van der Waals surface area contributed by atoms with Crippen molar-refractivity contribution in [3.63, 3.8) is 0 Å². The third-order valence-electron chi connectivity index (χ3n) is 6.96. The quantitative estimate of drug-likeness (QED) is 0.458. The van der Waals surface area contributed by atoms with E-state index >= 15 is 0 Å². The maximum atomic E-state index is 13.2. The van der Waals surface area contributed by atoms with Gasteiger partial charge >= 0.3 is 6.03 Å². The van der Waals surface area contributed by atoms with Gasteiger partial charge in [0.25, 0.3) is 0 Å². The Hall–Kier alpha value is -2.54. The van der Waals surface area contributed by atoms with Crippen molar-refractivity contribution in [3.05, 3.63) is 52.1 Å². The molecule has 1 aromatic heterocycles. The van der Waals surface area contributed by atoms with Crippen LogP contribution in [0.4, 0.5) is 10.5 Å². The Morgan fingerprint density at radius 3 is 2.47 bits per heavy atom. The minimum absolute atomic E-state index is 0.0443. The molecule has 1 fully saturated rings. The van der Waals surface area contributed by atoms with E-state index in [0.717, 1.165) is 65.5 Å². The number of aromatic nitrogens is 1. The van der Waals surface area contributed by atoms with Crippen LogP contribution in [0.5, 0.6) is 5.75 Å². The van der Waals surface area contributed by atoms with Crippen LogP contribution in [0, 0.1) is 5.92 Å². The number of nitrogens with zero attached hydrogens (tertiary/aromatic N) is 3. The number of phenols is 1. The summed E-state index contributed by atoms with van der Waals surface area (Å²) in [4.78, 5) is 22.0. The molecule has 0 atom stereocenters. The van der Waals surface area contributed by atoms with Gasteiger partial charge in [-0.1, -0.05) is 29.3 Å². The van der Waals surface area contributed by atoms with Gasteiger partial charge in [-0.15, -0.1) is 0 Å². The zero-order valence-electron chi connectivity index (χ0n) is 19.3. The van der Waals surface area contributed by atoms with E-state index in [1.165, 1.54) is 0 Å². The molecule has 1 saturated carbocycles. The molecule has 1 aliphatic carbocycles. The smallest absolute Gasteiger partial charge is 0.322 e. The number of fused-ring (bicyclic) bond motifs is 3. The molecule has 0 unspecified atom stereocenters. The molecule has 0 spiro atoms. The third-order valence-corrected chi connectivity index (χ3v) is 7.54. The van der Waals surface area contributed by atoms with Crippen LogP contribution in [-0.2, 0) is 6.54 Å². The van der Waals surface area contributed by atoms with Crippen LogP contribution in [0.25, 0.3) is 22.0 Å². The number of benzene rings is 2. The van der Waals surface area contributed by atoms with Crippen molar-refractivity contribution in [1.29, 1.82) is 0 Å². The number of carbonyl (C=O) groups is 1. The second-order valence-electron chi connectivity index (χ2n) is 9.62. The van der Waals surface area contributed by atoms with Gasteiger partial charge in [-0.3, -0.25) is 9.88 Å². The summed E-state index contributed by atoms with van der Waals surface area (Å²) in [6.45, 7) is 1.55. The first-order chi connectivity index (χ1) is 16.3. The number of pyridine rings is 1. The van der Waals surface area contributed by atoms with Gasteiger partial charge < -0.3 is 15.3 Å². The summed E-state index contributed by atoms with van der Waals surface area (Å²) < 4.78 is 0. The van der Waals surface area contributed by atoms with Crippen LogP contribution >= 0.6 is 23.2 Å². The van der Waals surface area contributed by atoms with Crippen molar-refractivity contribution in [1.82, 2.24) is 15.2 Å². The number of aromatic hydroxyl groups is 1. The van der Waals surface area contributed by atoms with Gasteiger partial charge in [-0.2, -0.15) is 0 Å². The molecule has 1 aliphatic heterocycles. The molecule has 5 rings (SSSR count). The second kappa shape index (κ2) is 9.25. The van der Waals surface area contributed by atoms with E-state index in [-0.39, 0.29) is 27.9 Å². The number of urea groups is 1. The summed E-state index contributed by atoms with van der Waals surface area (Å²) in [6, 6.07) is 9.47. The van der Waals surface area contributed by atoms with Crippen molar-refractivity contribution >= 4 is 45.8 Å². The Kier molecular flexibility index (Phi) is 6.32. The first-order valence-electron chi connectivity index (χ1n) is 11.6. The molecule has 0 saturated heterocycles. The Bertz CT molecular complexity index is 1230. The third kappa shape index (κ3) is 4.30. The lowest BCUT2D eigenvalue weighted by Gasteiger charge is -2.40.